The SMILES string of the molecule is Cc1ccc(C(C(N)=O)N(C)C(=O)CCl)cc1. The van der Waals surface area contributed by atoms with E-state index in [2.05, 4.69) is 0 Å². The van der Waals surface area contributed by atoms with Crippen LogP contribution in [0.4, 0.5) is 0 Å². The molecule has 1 unspecified atom stereocenters. The van der Waals surface area contributed by atoms with Crippen molar-refractivity contribution in [3.8, 4) is 0 Å². The summed E-state index contributed by atoms with van der Waals surface area (Å²) in [6.07, 6.45) is 0. The van der Waals surface area contributed by atoms with Gasteiger partial charge in [0.1, 0.15) is 11.9 Å². The number of carbonyl (C=O) groups is 2. The number of nitrogens with zero attached hydrogens (tertiary/aromatic N) is 1. The van der Waals surface area contributed by atoms with Crippen LogP contribution in [0.1, 0.15) is 17.2 Å². The van der Waals surface area contributed by atoms with Crippen LogP contribution < -0.4 is 5.73 Å². The molecule has 1 rings (SSSR count). The van der Waals surface area contributed by atoms with E-state index in [1.807, 2.05) is 19.1 Å². The van der Waals surface area contributed by atoms with E-state index >= 15 is 0 Å². The third-order valence-electron chi connectivity index (χ3n) is 2.56. The number of amides is 2. The predicted octanol–water partition coefficient (Wildman–Crippen LogP) is 1.22. The summed E-state index contributed by atoms with van der Waals surface area (Å²) in [6.45, 7) is 1.94. The molecule has 0 aliphatic heterocycles. The molecule has 1 aromatic carbocycles. The van der Waals surface area contributed by atoms with Crippen LogP contribution >= 0.6 is 11.6 Å². The molecule has 0 aliphatic carbocycles. The number of carbonyl (C=O) groups excluding carboxylic acids is 2. The van der Waals surface area contributed by atoms with Gasteiger partial charge in [-0.05, 0) is 12.5 Å². The molecule has 0 saturated heterocycles. The van der Waals surface area contributed by atoms with Crippen LogP contribution in [0.25, 0.3) is 0 Å². The van der Waals surface area contributed by atoms with E-state index in [-0.39, 0.29) is 11.8 Å². The quantitative estimate of drug-likeness (QED) is 0.821. The molecule has 0 bridgehead atoms. The average Bonchev–Trinajstić information content (AvgIpc) is 2.30. The fourth-order valence-corrected chi connectivity index (χ4v) is 1.75. The number of halogens is 1. The van der Waals surface area contributed by atoms with Crippen molar-refractivity contribution >= 4 is 23.4 Å². The van der Waals surface area contributed by atoms with Crippen molar-refractivity contribution in [3.05, 3.63) is 35.4 Å². The minimum Gasteiger partial charge on any atom is -0.368 e. The van der Waals surface area contributed by atoms with Gasteiger partial charge in [-0.15, -0.1) is 11.6 Å². The maximum atomic E-state index is 11.5. The molecule has 4 nitrogen and oxygen atoms in total. The van der Waals surface area contributed by atoms with E-state index in [0.717, 1.165) is 5.56 Å². The Morgan fingerprint density at radius 1 is 1.35 bits per heavy atom. The molecule has 1 atom stereocenters. The highest BCUT2D eigenvalue weighted by molar-refractivity contribution is 6.27. The molecule has 17 heavy (non-hydrogen) atoms. The van der Waals surface area contributed by atoms with Crippen molar-refractivity contribution in [3.63, 3.8) is 0 Å². The van der Waals surface area contributed by atoms with E-state index in [9.17, 15) is 9.59 Å². The Balaban J connectivity index is 3.05. The van der Waals surface area contributed by atoms with Gasteiger partial charge in [0.25, 0.3) is 0 Å². The topological polar surface area (TPSA) is 63.4 Å². The highest BCUT2D eigenvalue weighted by Gasteiger charge is 2.25. The Bertz CT molecular complexity index is 417. The van der Waals surface area contributed by atoms with Crippen molar-refractivity contribution in [2.75, 3.05) is 12.9 Å². The van der Waals surface area contributed by atoms with Crippen molar-refractivity contribution in [2.24, 2.45) is 5.73 Å². The van der Waals surface area contributed by atoms with Gasteiger partial charge in [-0.1, -0.05) is 29.8 Å². The minimum absolute atomic E-state index is 0.174. The molecular weight excluding hydrogens is 240 g/mol. The first-order chi connectivity index (χ1) is 7.97. The van der Waals surface area contributed by atoms with Gasteiger partial charge in [-0.2, -0.15) is 0 Å². The Morgan fingerprint density at radius 3 is 2.29 bits per heavy atom. The van der Waals surface area contributed by atoms with E-state index in [1.54, 1.807) is 12.1 Å². The number of rotatable bonds is 4. The molecule has 0 aromatic heterocycles. The van der Waals surface area contributed by atoms with Gasteiger partial charge in [-0.3, -0.25) is 9.59 Å². The highest BCUT2D eigenvalue weighted by atomic mass is 35.5. The molecule has 0 spiro atoms. The Morgan fingerprint density at radius 2 is 1.88 bits per heavy atom. The summed E-state index contributed by atoms with van der Waals surface area (Å²) in [5, 5.41) is 0. The lowest BCUT2D eigenvalue weighted by Crippen LogP contribution is -2.39. The van der Waals surface area contributed by atoms with Crippen molar-refractivity contribution < 1.29 is 9.59 Å². The fraction of sp³-hybridized carbons (Fsp3) is 0.333. The largest absolute Gasteiger partial charge is 0.368 e. The molecule has 0 saturated carbocycles. The van der Waals surface area contributed by atoms with Crippen LogP contribution in [-0.4, -0.2) is 29.6 Å². The van der Waals surface area contributed by atoms with Crippen LogP contribution in [0.15, 0.2) is 24.3 Å². The fourth-order valence-electron chi connectivity index (χ4n) is 1.57. The van der Waals surface area contributed by atoms with Gasteiger partial charge in [0, 0.05) is 7.05 Å². The Labute approximate surface area is 105 Å². The number of primary amides is 1. The zero-order valence-corrected chi connectivity index (χ0v) is 10.6. The number of likely N-dealkylation sites (N-methyl/N-ethyl adjacent to an activating group) is 1. The monoisotopic (exact) mass is 254 g/mol. The second-order valence-corrected chi connectivity index (χ2v) is 4.12. The number of hydrogen-bond acceptors (Lipinski definition) is 2. The highest BCUT2D eigenvalue weighted by Crippen LogP contribution is 2.19. The molecule has 2 N–H and O–H groups in total. The van der Waals surface area contributed by atoms with E-state index in [1.165, 1.54) is 11.9 Å². The average molecular weight is 255 g/mol. The first-order valence-electron chi connectivity index (χ1n) is 5.15. The normalized spacial score (nSPS) is 11.9. The second-order valence-electron chi connectivity index (χ2n) is 3.85. The first kappa shape index (κ1) is 13.5. The molecule has 5 heteroatoms. The van der Waals surface area contributed by atoms with E-state index < -0.39 is 11.9 Å². The van der Waals surface area contributed by atoms with Crippen LogP contribution in [0.5, 0.6) is 0 Å². The van der Waals surface area contributed by atoms with Gasteiger partial charge >= 0.3 is 0 Å². The van der Waals surface area contributed by atoms with E-state index in [4.69, 9.17) is 17.3 Å². The summed E-state index contributed by atoms with van der Waals surface area (Å²) in [7, 11) is 1.51. The van der Waals surface area contributed by atoms with Crippen molar-refractivity contribution in [1.29, 1.82) is 0 Å². The summed E-state index contributed by atoms with van der Waals surface area (Å²) in [6, 6.07) is 6.52. The first-order valence-corrected chi connectivity index (χ1v) is 5.68. The molecule has 0 heterocycles. The van der Waals surface area contributed by atoms with Crippen LogP contribution in [0, 0.1) is 6.92 Å². The summed E-state index contributed by atoms with van der Waals surface area (Å²) in [4.78, 5) is 24.2. The predicted molar refractivity (Wildman–Crippen MR) is 66.6 cm³/mol. The van der Waals surface area contributed by atoms with Gasteiger partial charge in [-0.25, -0.2) is 0 Å². The number of aryl methyl sites for hydroxylation is 1. The van der Waals surface area contributed by atoms with Crippen molar-refractivity contribution in [1.82, 2.24) is 4.90 Å². The van der Waals surface area contributed by atoms with Gasteiger partial charge in [0.05, 0.1) is 0 Å². The molecule has 1 aromatic rings. The van der Waals surface area contributed by atoms with Crippen molar-refractivity contribution in [2.45, 2.75) is 13.0 Å². The lowest BCUT2D eigenvalue weighted by atomic mass is 10.0. The number of nitrogens with two attached hydrogens (primary N) is 1. The third kappa shape index (κ3) is 3.20. The Kier molecular flexibility index (Phi) is 4.52. The van der Waals surface area contributed by atoms with Gasteiger partial charge in [0.2, 0.25) is 11.8 Å². The zero-order chi connectivity index (χ0) is 13.0. The number of benzene rings is 1. The van der Waals surface area contributed by atoms with Crippen LogP contribution in [0.3, 0.4) is 0 Å². The van der Waals surface area contributed by atoms with Gasteiger partial charge < -0.3 is 10.6 Å². The lowest BCUT2D eigenvalue weighted by molar-refractivity contribution is -0.136. The summed E-state index contributed by atoms with van der Waals surface area (Å²) in [5.41, 5.74) is 7.08. The molecular formula is C12H15ClN2O2. The Hall–Kier alpha value is -1.55. The molecule has 0 aliphatic rings. The number of hydrogen-bond donors (Lipinski definition) is 1. The van der Waals surface area contributed by atoms with Crippen LogP contribution in [-0.2, 0) is 9.59 Å². The van der Waals surface area contributed by atoms with E-state index in [0.29, 0.717) is 5.56 Å². The molecule has 92 valence electrons. The summed E-state index contributed by atoms with van der Waals surface area (Å²) in [5.74, 6) is -1.09. The van der Waals surface area contributed by atoms with Crippen LogP contribution in [0.2, 0.25) is 0 Å². The molecule has 2 amide bonds. The number of alkyl halides is 1. The molecule has 0 radical (unpaired) electrons. The second kappa shape index (κ2) is 5.68. The zero-order valence-electron chi connectivity index (χ0n) is 9.81. The minimum atomic E-state index is -0.776. The summed E-state index contributed by atoms with van der Waals surface area (Å²) >= 11 is 5.46. The van der Waals surface area contributed by atoms with Gasteiger partial charge in [0.15, 0.2) is 0 Å². The third-order valence-corrected chi connectivity index (χ3v) is 2.79. The maximum Gasteiger partial charge on any atom is 0.244 e. The standard InChI is InChI=1S/C12H15ClN2O2/c1-8-3-5-9(6-4-8)11(12(14)17)15(2)10(16)7-13/h3-6,11H,7H2,1-2H3,(H2,14,17). The lowest BCUT2D eigenvalue weighted by Gasteiger charge is -2.25. The maximum absolute atomic E-state index is 11.5. The molecule has 0 fully saturated rings. The summed E-state index contributed by atoms with van der Waals surface area (Å²) < 4.78 is 0. The smallest absolute Gasteiger partial charge is 0.244 e.